The molecular formula is C9H8BrF3N2O3. The number of amides is 1. The summed E-state index contributed by atoms with van der Waals surface area (Å²) >= 11 is 3.00. The second kappa shape index (κ2) is 5.53. The van der Waals surface area contributed by atoms with Crippen molar-refractivity contribution in [1.29, 1.82) is 0 Å². The van der Waals surface area contributed by atoms with Gasteiger partial charge in [-0.3, -0.25) is 4.98 Å². The Labute approximate surface area is 108 Å². The molecule has 1 aromatic heterocycles. The number of rotatable bonds is 3. The lowest BCUT2D eigenvalue weighted by Gasteiger charge is -2.21. The smallest absolute Gasteiger partial charge is 0.414 e. The third-order valence-electron chi connectivity index (χ3n) is 2.01. The second-order valence-corrected chi connectivity index (χ2v) is 4.20. The number of pyridine rings is 1. The molecule has 0 fully saturated rings. The van der Waals surface area contributed by atoms with Crippen molar-refractivity contribution in [2.75, 3.05) is 0 Å². The topological polar surface area (TPSA) is 82.5 Å². The summed E-state index contributed by atoms with van der Waals surface area (Å²) in [5.41, 5.74) is -0.684. The Balaban J connectivity index is 3.24. The number of aliphatic hydroxyl groups is 1. The van der Waals surface area contributed by atoms with Crippen LogP contribution in [0.3, 0.4) is 0 Å². The van der Waals surface area contributed by atoms with Crippen molar-refractivity contribution >= 4 is 22.0 Å². The lowest BCUT2D eigenvalue weighted by molar-refractivity contribution is -0.156. The third-order valence-corrected chi connectivity index (χ3v) is 2.44. The quantitative estimate of drug-likeness (QED) is 0.794. The van der Waals surface area contributed by atoms with Gasteiger partial charge in [-0.25, -0.2) is 4.79 Å². The minimum atomic E-state index is -4.84. The highest BCUT2D eigenvalue weighted by Crippen LogP contribution is 2.33. The van der Waals surface area contributed by atoms with E-state index in [1.807, 2.05) is 0 Å². The molecule has 1 aromatic rings. The fraction of sp³-hybridized carbons (Fsp3) is 0.333. The fourth-order valence-corrected chi connectivity index (χ4v) is 1.69. The zero-order chi connectivity index (χ0) is 13.9. The molecule has 5 nitrogen and oxygen atoms in total. The summed E-state index contributed by atoms with van der Waals surface area (Å²) < 4.78 is 38.6. The Bertz CT molecular complexity index is 453. The first-order valence-electron chi connectivity index (χ1n) is 4.57. The predicted octanol–water partition coefficient (Wildman–Crippen LogP) is 2.21. The molecule has 0 spiro atoms. The standard InChI is InChI=1S/C9H8BrF3N2O3/c10-5-1-4(3-16)6(14-2-5)7(9(11,12)13)15-8(17)18/h1-2,7,15-16H,3H2,(H,17,18). The van der Waals surface area contributed by atoms with Gasteiger partial charge in [0.25, 0.3) is 0 Å². The normalized spacial score (nSPS) is 13.2. The number of nitrogens with one attached hydrogen (secondary N) is 1. The highest BCUT2D eigenvalue weighted by Gasteiger charge is 2.44. The van der Waals surface area contributed by atoms with Gasteiger partial charge < -0.3 is 15.5 Å². The number of hydrogen-bond donors (Lipinski definition) is 3. The molecule has 100 valence electrons. The summed E-state index contributed by atoms with van der Waals surface area (Å²) in [5.74, 6) is 0. The molecule has 1 heterocycles. The van der Waals surface area contributed by atoms with Crippen LogP contribution < -0.4 is 5.32 Å². The second-order valence-electron chi connectivity index (χ2n) is 3.28. The van der Waals surface area contributed by atoms with E-state index >= 15 is 0 Å². The molecule has 1 unspecified atom stereocenters. The molecule has 1 amide bonds. The molecule has 0 radical (unpaired) electrons. The van der Waals surface area contributed by atoms with Crippen molar-refractivity contribution in [3.63, 3.8) is 0 Å². The van der Waals surface area contributed by atoms with Crippen LogP contribution in [0.5, 0.6) is 0 Å². The summed E-state index contributed by atoms with van der Waals surface area (Å²) in [4.78, 5) is 13.9. The minimum Gasteiger partial charge on any atom is -0.465 e. The average Bonchev–Trinajstić information content (AvgIpc) is 2.24. The van der Waals surface area contributed by atoms with Crippen LogP contribution in [-0.2, 0) is 6.61 Å². The molecule has 0 aromatic carbocycles. The van der Waals surface area contributed by atoms with E-state index in [1.54, 1.807) is 0 Å². The van der Waals surface area contributed by atoms with Gasteiger partial charge in [-0.05, 0) is 22.0 Å². The number of carbonyl (C=O) groups is 1. The van der Waals surface area contributed by atoms with Gasteiger partial charge in [-0.2, -0.15) is 13.2 Å². The number of halogens is 4. The van der Waals surface area contributed by atoms with Crippen LogP contribution in [0.25, 0.3) is 0 Å². The lowest BCUT2D eigenvalue weighted by atomic mass is 10.1. The van der Waals surface area contributed by atoms with E-state index in [0.717, 1.165) is 6.20 Å². The van der Waals surface area contributed by atoms with E-state index in [9.17, 15) is 18.0 Å². The van der Waals surface area contributed by atoms with Crippen LogP contribution in [0.4, 0.5) is 18.0 Å². The Kier molecular flexibility index (Phi) is 4.52. The van der Waals surface area contributed by atoms with E-state index in [1.165, 1.54) is 11.4 Å². The van der Waals surface area contributed by atoms with E-state index in [2.05, 4.69) is 20.9 Å². The molecule has 1 atom stereocenters. The van der Waals surface area contributed by atoms with Gasteiger partial charge in [0.05, 0.1) is 12.3 Å². The highest BCUT2D eigenvalue weighted by molar-refractivity contribution is 9.10. The molecule has 0 aliphatic carbocycles. The highest BCUT2D eigenvalue weighted by atomic mass is 79.9. The maximum absolute atomic E-state index is 12.7. The van der Waals surface area contributed by atoms with E-state index in [0.29, 0.717) is 4.47 Å². The maximum atomic E-state index is 12.7. The molecule has 3 N–H and O–H groups in total. The molecule has 9 heteroatoms. The number of aromatic nitrogens is 1. The van der Waals surface area contributed by atoms with Crippen LogP contribution in [0.2, 0.25) is 0 Å². The van der Waals surface area contributed by atoms with Gasteiger partial charge in [-0.15, -0.1) is 0 Å². The predicted molar refractivity (Wildman–Crippen MR) is 57.8 cm³/mol. The Hall–Kier alpha value is -1.35. The van der Waals surface area contributed by atoms with Crippen molar-refractivity contribution < 1.29 is 28.2 Å². The summed E-state index contributed by atoms with van der Waals surface area (Å²) in [7, 11) is 0. The molecule has 1 rings (SSSR count). The van der Waals surface area contributed by atoms with Gasteiger partial charge in [0, 0.05) is 16.2 Å². The monoisotopic (exact) mass is 328 g/mol. The minimum absolute atomic E-state index is 0.111. The van der Waals surface area contributed by atoms with Crippen LogP contribution in [0.15, 0.2) is 16.7 Å². The van der Waals surface area contributed by atoms with E-state index in [4.69, 9.17) is 10.2 Å². The van der Waals surface area contributed by atoms with Crippen molar-refractivity contribution in [3.05, 3.63) is 28.0 Å². The first-order valence-corrected chi connectivity index (χ1v) is 5.36. The van der Waals surface area contributed by atoms with Gasteiger partial charge in [0.1, 0.15) is 0 Å². The SMILES string of the molecule is O=C(O)NC(c1ncc(Br)cc1CO)C(F)(F)F. The fourth-order valence-electron chi connectivity index (χ4n) is 1.31. The first-order chi connectivity index (χ1) is 8.25. The van der Waals surface area contributed by atoms with Gasteiger partial charge >= 0.3 is 12.3 Å². The maximum Gasteiger partial charge on any atom is 0.414 e. The van der Waals surface area contributed by atoms with Crippen molar-refractivity contribution in [3.8, 4) is 0 Å². The molecular weight excluding hydrogens is 321 g/mol. The number of aliphatic hydroxyl groups excluding tert-OH is 1. The van der Waals surface area contributed by atoms with E-state index in [-0.39, 0.29) is 5.56 Å². The number of carboxylic acid groups (broad SMARTS) is 1. The molecule has 0 bridgehead atoms. The number of nitrogens with zero attached hydrogens (tertiary/aromatic N) is 1. The van der Waals surface area contributed by atoms with Gasteiger partial charge in [-0.1, -0.05) is 0 Å². The summed E-state index contributed by atoms with van der Waals surface area (Å²) in [6.45, 7) is -0.685. The third kappa shape index (κ3) is 3.57. The summed E-state index contributed by atoms with van der Waals surface area (Å²) in [6, 6.07) is -1.24. The van der Waals surface area contributed by atoms with Crippen LogP contribution in [0, 0.1) is 0 Å². The molecule has 0 aliphatic rings. The lowest BCUT2D eigenvalue weighted by Crippen LogP contribution is -2.38. The largest absolute Gasteiger partial charge is 0.465 e. The Morgan fingerprint density at radius 1 is 1.56 bits per heavy atom. The van der Waals surface area contributed by atoms with Crippen LogP contribution >= 0.6 is 15.9 Å². The molecule has 0 saturated heterocycles. The van der Waals surface area contributed by atoms with E-state index < -0.39 is 30.6 Å². The Morgan fingerprint density at radius 2 is 2.17 bits per heavy atom. The zero-order valence-electron chi connectivity index (χ0n) is 8.70. The molecule has 0 saturated carbocycles. The molecule has 18 heavy (non-hydrogen) atoms. The zero-order valence-corrected chi connectivity index (χ0v) is 10.3. The molecule has 0 aliphatic heterocycles. The van der Waals surface area contributed by atoms with Gasteiger partial charge in [0.2, 0.25) is 0 Å². The van der Waals surface area contributed by atoms with Gasteiger partial charge in [0.15, 0.2) is 6.04 Å². The Morgan fingerprint density at radius 3 is 2.61 bits per heavy atom. The van der Waals surface area contributed by atoms with Crippen LogP contribution in [-0.4, -0.2) is 27.5 Å². The average molecular weight is 329 g/mol. The van der Waals surface area contributed by atoms with Crippen molar-refractivity contribution in [1.82, 2.24) is 10.3 Å². The number of hydrogen-bond acceptors (Lipinski definition) is 3. The van der Waals surface area contributed by atoms with Crippen molar-refractivity contribution in [2.24, 2.45) is 0 Å². The summed E-state index contributed by atoms with van der Waals surface area (Å²) in [6.07, 6.45) is -5.58. The first kappa shape index (κ1) is 14.7. The van der Waals surface area contributed by atoms with Crippen LogP contribution in [0.1, 0.15) is 17.3 Å². The van der Waals surface area contributed by atoms with Crippen molar-refractivity contribution in [2.45, 2.75) is 18.8 Å². The number of alkyl halides is 3. The summed E-state index contributed by atoms with van der Waals surface area (Å²) in [5, 5.41) is 18.7.